The van der Waals surface area contributed by atoms with Gasteiger partial charge in [0.15, 0.2) is 0 Å². The topological polar surface area (TPSA) is 46.5 Å². The first-order valence-corrected chi connectivity index (χ1v) is 7.45. The van der Waals surface area contributed by atoms with E-state index in [1.54, 1.807) is 0 Å². The van der Waals surface area contributed by atoms with Gasteiger partial charge in [-0.15, -0.1) is 3.77 Å². The smallest absolute Gasteiger partial charge is 0.194 e. The van der Waals surface area contributed by atoms with Crippen LogP contribution in [0.25, 0.3) is 0 Å². The minimum atomic E-state index is -6.25. The van der Waals surface area contributed by atoms with Crippen LogP contribution in [0.5, 0.6) is 0 Å². The van der Waals surface area contributed by atoms with Crippen LogP contribution in [0.15, 0.2) is 32.9 Å². The summed E-state index contributed by atoms with van der Waals surface area (Å²) in [6.45, 7) is 0. The predicted molar refractivity (Wildman–Crippen MR) is 60.5 cm³/mol. The molecule has 0 bridgehead atoms. The summed E-state index contributed by atoms with van der Waals surface area (Å²) in [5.74, 6) is 0. The first-order chi connectivity index (χ1) is 8.84. The molecule has 0 aliphatic heterocycles. The summed E-state index contributed by atoms with van der Waals surface area (Å²) in [4.78, 5) is -0.741. The van der Waals surface area contributed by atoms with Gasteiger partial charge in [-0.05, 0) is 24.3 Å². The molecule has 3 nitrogen and oxygen atoms in total. The van der Waals surface area contributed by atoms with Crippen molar-refractivity contribution in [2.45, 2.75) is 15.9 Å². The van der Waals surface area contributed by atoms with E-state index in [1.807, 2.05) is 3.77 Å². The molecule has 12 heteroatoms. The lowest BCUT2D eigenvalue weighted by Gasteiger charge is -2.12. The third-order valence-corrected chi connectivity index (χ3v) is 5.10. The summed E-state index contributed by atoms with van der Waals surface area (Å²) in [5.41, 5.74) is -11.2. The molecule has 1 aromatic carbocycles. The number of nitrogens with zero attached hydrogens (tertiary/aromatic N) is 1. The zero-order valence-corrected chi connectivity index (χ0v) is 11.4. The Morgan fingerprint density at radius 3 is 1.80 bits per heavy atom. The van der Waals surface area contributed by atoms with Crippen LogP contribution in [-0.2, 0) is 20.7 Å². The fourth-order valence-corrected chi connectivity index (χ4v) is 3.52. The highest BCUT2D eigenvalue weighted by atomic mass is 35.5. The van der Waals surface area contributed by atoms with Crippen LogP contribution in [0.3, 0.4) is 0 Å². The van der Waals surface area contributed by atoms with Crippen molar-refractivity contribution in [1.82, 2.24) is 0 Å². The van der Waals surface area contributed by atoms with Crippen molar-refractivity contribution in [2.75, 3.05) is 0 Å². The molecule has 0 unspecified atom stereocenters. The van der Waals surface area contributed by atoms with E-state index in [0.29, 0.717) is 0 Å². The number of halogens is 7. The number of hydrogen-bond acceptors (Lipinski definition) is 2. The summed E-state index contributed by atoms with van der Waals surface area (Å²) in [7, 11) is -9.72. The zero-order chi connectivity index (χ0) is 15.8. The van der Waals surface area contributed by atoms with Gasteiger partial charge in [-0.3, -0.25) is 0 Å². The van der Waals surface area contributed by atoms with E-state index in [-0.39, 0.29) is 5.02 Å². The molecule has 0 spiro atoms. The van der Waals surface area contributed by atoms with Crippen LogP contribution in [-0.4, -0.2) is 19.4 Å². The Bertz CT molecular complexity index is 620. The standard InChI is InChI=1S/C8H4ClF6NO2S2/c9-5-1-3-6(4-2-5)19(7(10,11)12)16-20(17,18)8(13,14)15/h1-4H/t19-/m0/s1. The summed E-state index contributed by atoms with van der Waals surface area (Å²) in [6, 6.07) is 3.49. The van der Waals surface area contributed by atoms with Gasteiger partial charge in [-0.25, -0.2) is 0 Å². The van der Waals surface area contributed by atoms with E-state index in [4.69, 9.17) is 11.6 Å². The molecular weight excluding hydrogens is 356 g/mol. The van der Waals surface area contributed by atoms with Crippen molar-refractivity contribution in [3.8, 4) is 0 Å². The Hall–Kier alpha value is -0.810. The second kappa shape index (κ2) is 5.53. The number of sulfonamides is 1. The molecule has 1 aromatic rings. The molecule has 1 rings (SSSR count). The van der Waals surface area contributed by atoms with Gasteiger partial charge in [0, 0.05) is 9.92 Å². The molecular formula is C8H4ClF6NO2S2. The average molecular weight is 360 g/mol. The Morgan fingerprint density at radius 2 is 1.45 bits per heavy atom. The summed E-state index contributed by atoms with van der Waals surface area (Å²) in [5, 5.41) is 0.0400. The first-order valence-electron chi connectivity index (χ1n) is 4.46. The van der Waals surface area contributed by atoms with Gasteiger partial charge in [-0.2, -0.15) is 34.8 Å². The van der Waals surface area contributed by atoms with Crippen molar-refractivity contribution in [3.63, 3.8) is 0 Å². The number of benzene rings is 1. The molecule has 0 heterocycles. The lowest BCUT2D eigenvalue weighted by molar-refractivity contribution is -0.0437. The minimum absolute atomic E-state index is 0.0400. The predicted octanol–water partition coefficient (Wildman–Crippen LogP) is 3.87. The Labute approximate surface area is 116 Å². The molecule has 1 atom stereocenters. The van der Waals surface area contributed by atoms with E-state index in [9.17, 15) is 34.8 Å². The highest BCUT2D eigenvalue weighted by Gasteiger charge is 2.48. The fourth-order valence-electron chi connectivity index (χ4n) is 0.923. The van der Waals surface area contributed by atoms with Crippen LogP contribution in [0, 0.1) is 0 Å². The monoisotopic (exact) mass is 359 g/mol. The Kier molecular flexibility index (Phi) is 4.76. The third-order valence-electron chi connectivity index (χ3n) is 1.72. The van der Waals surface area contributed by atoms with Crippen molar-refractivity contribution in [1.29, 1.82) is 0 Å². The first kappa shape index (κ1) is 17.2. The maximum absolute atomic E-state index is 12.7. The fraction of sp³-hybridized carbons (Fsp3) is 0.250. The lowest BCUT2D eigenvalue weighted by Crippen LogP contribution is -2.25. The number of alkyl halides is 6. The molecule has 0 aliphatic rings. The molecule has 0 N–H and O–H groups in total. The van der Waals surface area contributed by atoms with E-state index in [1.165, 1.54) is 0 Å². The molecule has 0 aromatic heterocycles. The normalized spacial score (nSPS) is 15.3. The van der Waals surface area contributed by atoms with Gasteiger partial charge in [0.1, 0.15) is 0 Å². The summed E-state index contributed by atoms with van der Waals surface area (Å²) in [6.07, 6.45) is 0. The summed E-state index contributed by atoms with van der Waals surface area (Å²) >= 11 is 5.43. The lowest BCUT2D eigenvalue weighted by atomic mass is 10.4. The molecule has 0 radical (unpaired) electrons. The quantitative estimate of drug-likeness (QED) is 0.752. The molecule has 0 saturated carbocycles. The van der Waals surface area contributed by atoms with Crippen LogP contribution in [0.2, 0.25) is 5.02 Å². The molecule has 114 valence electrons. The maximum atomic E-state index is 12.7. The van der Waals surface area contributed by atoms with Gasteiger partial charge >= 0.3 is 21.0 Å². The van der Waals surface area contributed by atoms with Crippen LogP contribution in [0.1, 0.15) is 0 Å². The summed E-state index contributed by atoms with van der Waals surface area (Å²) < 4.78 is 97.8. The Balaban J connectivity index is 3.47. The molecule has 0 fully saturated rings. The molecule has 0 amide bonds. The van der Waals surface area contributed by atoms with Crippen LogP contribution >= 0.6 is 11.6 Å². The van der Waals surface area contributed by atoms with Crippen molar-refractivity contribution >= 4 is 32.3 Å². The average Bonchev–Trinajstić information content (AvgIpc) is 2.24. The van der Waals surface area contributed by atoms with Gasteiger partial charge in [0.2, 0.25) is 0 Å². The van der Waals surface area contributed by atoms with Crippen molar-refractivity contribution < 1.29 is 34.8 Å². The molecule has 20 heavy (non-hydrogen) atoms. The maximum Gasteiger partial charge on any atom is 0.519 e. The molecule has 0 aliphatic carbocycles. The second-order valence-corrected chi connectivity index (χ2v) is 7.13. The SMILES string of the molecule is O=S(=O)(N=[S@@](c1ccc(Cl)cc1)C(F)(F)F)C(F)(F)F. The Morgan fingerprint density at radius 1 is 1.00 bits per heavy atom. The van der Waals surface area contributed by atoms with Crippen molar-refractivity contribution in [3.05, 3.63) is 29.3 Å². The van der Waals surface area contributed by atoms with Crippen LogP contribution in [0.4, 0.5) is 26.3 Å². The van der Waals surface area contributed by atoms with E-state index in [2.05, 4.69) is 0 Å². The second-order valence-electron chi connectivity index (χ2n) is 3.18. The van der Waals surface area contributed by atoms with Gasteiger partial charge < -0.3 is 0 Å². The van der Waals surface area contributed by atoms with Crippen molar-refractivity contribution in [2.24, 2.45) is 3.77 Å². The zero-order valence-electron chi connectivity index (χ0n) is 9.04. The van der Waals surface area contributed by atoms with Gasteiger partial charge in [0.25, 0.3) is 0 Å². The third kappa shape index (κ3) is 4.09. The largest absolute Gasteiger partial charge is 0.519 e. The number of rotatable bonds is 2. The highest BCUT2D eigenvalue weighted by molar-refractivity contribution is 8.01. The highest BCUT2D eigenvalue weighted by Crippen LogP contribution is 2.33. The van der Waals surface area contributed by atoms with Gasteiger partial charge in [0.05, 0.1) is 10.7 Å². The minimum Gasteiger partial charge on any atom is -0.194 e. The van der Waals surface area contributed by atoms with Crippen LogP contribution < -0.4 is 0 Å². The van der Waals surface area contributed by atoms with E-state index >= 15 is 0 Å². The molecule has 0 saturated heterocycles. The van der Waals surface area contributed by atoms with E-state index in [0.717, 1.165) is 24.3 Å². The van der Waals surface area contributed by atoms with Gasteiger partial charge in [-0.1, -0.05) is 11.6 Å². The number of hydrogen-bond donors (Lipinski definition) is 0. The van der Waals surface area contributed by atoms with E-state index < -0.39 is 36.6 Å².